The van der Waals surface area contributed by atoms with E-state index in [2.05, 4.69) is 9.64 Å². The topological polar surface area (TPSA) is 55.8 Å². The second-order valence-electron chi connectivity index (χ2n) is 8.86. The molecule has 1 heterocycles. The summed E-state index contributed by atoms with van der Waals surface area (Å²) in [6.45, 7) is 2.12. The molecule has 0 aromatic heterocycles. The van der Waals surface area contributed by atoms with E-state index in [4.69, 9.17) is 4.74 Å². The van der Waals surface area contributed by atoms with Crippen LogP contribution >= 0.6 is 0 Å². The fourth-order valence-corrected chi connectivity index (χ4v) is 6.26. The molecule has 0 radical (unpaired) electrons. The number of halogens is 3. The molecule has 0 unspecified atom stereocenters. The summed E-state index contributed by atoms with van der Waals surface area (Å²) >= 11 is 0. The number of benzene rings is 2. The molecule has 2 aliphatic rings. The van der Waals surface area contributed by atoms with Gasteiger partial charge in [0.25, 0.3) is 0 Å². The fourth-order valence-electron chi connectivity index (χ4n) is 4.59. The minimum Gasteiger partial charge on any atom is -0.490 e. The zero-order valence-corrected chi connectivity index (χ0v) is 19.1. The molecule has 1 saturated carbocycles. The first-order valence-corrected chi connectivity index (χ1v) is 12.9. The molecule has 1 atom stereocenters. The van der Waals surface area contributed by atoms with Crippen molar-refractivity contribution in [2.45, 2.75) is 56.0 Å². The van der Waals surface area contributed by atoms with E-state index in [1.54, 1.807) is 0 Å². The smallest absolute Gasteiger partial charge is 0.490 e. The van der Waals surface area contributed by atoms with Gasteiger partial charge in [0.2, 0.25) is 0 Å². The SMILES string of the molecule is O=S(=O)(C[C@@H]1CCN(Cc2ccc(OC3CCCC3)cc2)C1)c1cccc(OC(F)(F)F)c1. The van der Waals surface area contributed by atoms with Crippen LogP contribution in [0.25, 0.3) is 0 Å². The Kier molecular flexibility index (Phi) is 7.19. The number of sulfone groups is 1. The second-order valence-corrected chi connectivity index (χ2v) is 10.9. The van der Waals surface area contributed by atoms with Gasteiger partial charge < -0.3 is 9.47 Å². The summed E-state index contributed by atoms with van der Waals surface area (Å²) in [4.78, 5) is 2.05. The van der Waals surface area contributed by atoms with E-state index in [1.807, 2.05) is 24.3 Å². The Morgan fingerprint density at radius 3 is 2.39 bits per heavy atom. The van der Waals surface area contributed by atoms with Gasteiger partial charge >= 0.3 is 6.36 Å². The van der Waals surface area contributed by atoms with E-state index >= 15 is 0 Å². The number of rotatable bonds is 8. The molecule has 2 aromatic rings. The first kappa shape index (κ1) is 23.9. The van der Waals surface area contributed by atoms with Crippen molar-refractivity contribution in [2.24, 2.45) is 5.92 Å². The lowest BCUT2D eigenvalue weighted by Crippen LogP contribution is -2.23. The molecule has 180 valence electrons. The van der Waals surface area contributed by atoms with E-state index in [0.29, 0.717) is 12.6 Å². The molecule has 0 spiro atoms. The van der Waals surface area contributed by atoms with Crippen molar-refractivity contribution in [2.75, 3.05) is 18.8 Å². The van der Waals surface area contributed by atoms with Gasteiger partial charge in [0.05, 0.1) is 16.8 Å². The predicted octanol–water partition coefficient (Wildman–Crippen LogP) is 5.20. The molecule has 33 heavy (non-hydrogen) atoms. The number of hydrogen-bond acceptors (Lipinski definition) is 5. The van der Waals surface area contributed by atoms with E-state index in [9.17, 15) is 21.6 Å². The normalized spacial score (nSPS) is 20.3. The quantitative estimate of drug-likeness (QED) is 0.517. The maximum atomic E-state index is 12.8. The van der Waals surface area contributed by atoms with Gasteiger partial charge in [-0.1, -0.05) is 18.2 Å². The summed E-state index contributed by atoms with van der Waals surface area (Å²) in [6, 6.07) is 12.7. The third-order valence-corrected chi connectivity index (χ3v) is 8.04. The molecule has 4 rings (SSSR count). The van der Waals surface area contributed by atoms with Crippen molar-refractivity contribution in [1.29, 1.82) is 0 Å². The number of alkyl halides is 3. The standard InChI is InChI=1S/C24H28F3NO4S/c25-24(26,27)32-22-6-3-7-23(14-22)33(29,30)17-19-12-13-28(16-19)15-18-8-10-21(11-9-18)31-20-4-1-2-5-20/h3,6-11,14,19-20H,1-2,4-5,12-13,15-17H2/t19-/m1/s1. The largest absolute Gasteiger partial charge is 0.573 e. The zero-order valence-electron chi connectivity index (χ0n) is 18.3. The molecule has 0 bridgehead atoms. The lowest BCUT2D eigenvalue weighted by molar-refractivity contribution is -0.274. The van der Waals surface area contributed by atoms with Gasteiger partial charge in [0.1, 0.15) is 11.5 Å². The molecule has 1 aliphatic heterocycles. The number of likely N-dealkylation sites (tertiary alicyclic amines) is 1. The summed E-state index contributed by atoms with van der Waals surface area (Å²) in [5.74, 6) is 0.171. The summed E-state index contributed by atoms with van der Waals surface area (Å²) in [7, 11) is -3.73. The van der Waals surface area contributed by atoms with Gasteiger partial charge in [-0.3, -0.25) is 4.90 Å². The van der Waals surface area contributed by atoms with Gasteiger partial charge in [-0.05, 0) is 80.5 Å². The van der Waals surface area contributed by atoms with Crippen molar-refractivity contribution in [3.63, 3.8) is 0 Å². The molecule has 9 heteroatoms. The molecule has 1 aliphatic carbocycles. The van der Waals surface area contributed by atoms with Crippen molar-refractivity contribution in [3.8, 4) is 11.5 Å². The highest BCUT2D eigenvalue weighted by Gasteiger charge is 2.32. The third-order valence-electron chi connectivity index (χ3n) is 6.16. The van der Waals surface area contributed by atoms with Crippen LogP contribution in [0.15, 0.2) is 53.4 Å². The Labute approximate surface area is 192 Å². The molecule has 5 nitrogen and oxygen atoms in total. The fraction of sp³-hybridized carbons (Fsp3) is 0.500. The molecule has 0 N–H and O–H groups in total. The average molecular weight is 484 g/mol. The summed E-state index contributed by atoms with van der Waals surface area (Å²) < 4.78 is 72.8. The van der Waals surface area contributed by atoms with Crippen LogP contribution in [0, 0.1) is 5.92 Å². The highest BCUT2D eigenvalue weighted by atomic mass is 32.2. The zero-order chi connectivity index (χ0) is 23.5. The monoisotopic (exact) mass is 483 g/mol. The first-order valence-electron chi connectivity index (χ1n) is 11.2. The lowest BCUT2D eigenvalue weighted by Gasteiger charge is -2.17. The van der Waals surface area contributed by atoms with Crippen LogP contribution in [-0.4, -0.2) is 44.6 Å². The minimum atomic E-state index is -4.87. The van der Waals surface area contributed by atoms with Crippen molar-refractivity contribution >= 4 is 9.84 Å². The number of ether oxygens (including phenoxy) is 2. The second kappa shape index (κ2) is 9.93. The molecular formula is C24H28F3NO4S. The molecule has 0 amide bonds. The molecule has 2 fully saturated rings. The number of nitrogens with zero attached hydrogens (tertiary/aromatic N) is 1. The average Bonchev–Trinajstić information content (AvgIpc) is 3.40. The van der Waals surface area contributed by atoms with Crippen LogP contribution in [0.2, 0.25) is 0 Å². The molecule has 1 saturated heterocycles. The maximum absolute atomic E-state index is 12.8. The molecule has 2 aromatic carbocycles. The van der Waals surface area contributed by atoms with E-state index in [-0.39, 0.29) is 16.6 Å². The summed E-state index contributed by atoms with van der Waals surface area (Å²) in [5.41, 5.74) is 1.13. The van der Waals surface area contributed by atoms with E-state index in [0.717, 1.165) is 55.8 Å². The molecular weight excluding hydrogens is 455 g/mol. The van der Waals surface area contributed by atoms with Crippen LogP contribution < -0.4 is 9.47 Å². The van der Waals surface area contributed by atoms with Gasteiger partial charge in [0, 0.05) is 13.1 Å². The first-order chi connectivity index (χ1) is 15.7. The Hall–Kier alpha value is -2.26. The Balaban J connectivity index is 1.30. The van der Waals surface area contributed by atoms with Crippen LogP contribution in [0.4, 0.5) is 13.2 Å². The van der Waals surface area contributed by atoms with Crippen molar-refractivity contribution < 1.29 is 31.1 Å². The minimum absolute atomic E-state index is 0.0767. The van der Waals surface area contributed by atoms with Gasteiger partial charge in [-0.15, -0.1) is 13.2 Å². The van der Waals surface area contributed by atoms with Crippen LogP contribution in [0.1, 0.15) is 37.7 Å². The maximum Gasteiger partial charge on any atom is 0.573 e. The van der Waals surface area contributed by atoms with Crippen molar-refractivity contribution in [1.82, 2.24) is 4.90 Å². The Morgan fingerprint density at radius 2 is 1.70 bits per heavy atom. The predicted molar refractivity (Wildman–Crippen MR) is 118 cm³/mol. The highest BCUT2D eigenvalue weighted by Crippen LogP contribution is 2.28. The summed E-state index contributed by atoms with van der Waals surface area (Å²) in [6.07, 6.45) is 0.843. The van der Waals surface area contributed by atoms with E-state index < -0.39 is 21.9 Å². The van der Waals surface area contributed by atoms with Crippen LogP contribution in [0.3, 0.4) is 0 Å². The van der Waals surface area contributed by atoms with Crippen molar-refractivity contribution in [3.05, 3.63) is 54.1 Å². The summed E-state index contributed by atoms with van der Waals surface area (Å²) in [5, 5.41) is 0. The van der Waals surface area contributed by atoms with Crippen LogP contribution in [0.5, 0.6) is 11.5 Å². The van der Waals surface area contributed by atoms with Gasteiger partial charge in [-0.25, -0.2) is 8.42 Å². The Bertz CT molecular complexity index is 1030. The van der Waals surface area contributed by atoms with Gasteiger partial charge in [0.15, 0.2) is 9.84 Å². The Morgan fingerprint density at radius 1 is 0.970 bits per heavy atom. The van der Waals surface area contributed by atoms with E-state index in [1.165, 1.54) is 25.0 Å². The lowest BCUT2D eigenvalue weighted by atomic mass is 10.1. The van der Waals surface area contributed by atoms with Crippen LogP contribution in [-0.2, 0) is 16.4 Å². The number of hydrogen-bond donors (Lipinski definition) is 0. The van der Waals surface area contributed by atoms with Gasteiger partial charge in [-0.2, -0.15) is 0 Å². The third kappa shape index (κ3) is 6.86. The highest BCUT2D eigenvalue weighted by molar-refractivity contribution is 7.91.